The van der Waals surface area contributed by atoms with Gasteiger partial charge in [-0.2, -0.15) is 0 Å². The lowest BCUT2D eigenvalue weighted by Crippen LogP contribution is -2.43. The maximum atomic E-state index is 11.9. The van der Waals surface area contributed by atoms with Crippen LogP contribution in [-0.4, -0.2) is 31.3 Å². The fraction of sp³-hybridized carbons (Fsp3) is 0.917. The number of nitrogens with zero attached hydrogens (tertiary/aromatic N) is 1. The zero-order chi connectivity index (χ0) is 10.9. The molecule has 0 amide bonds. The molecule has 0 spiro atoms. The summed E-state index contributed by atoms with van der Waals surface area (Å²) in [6, 6.07) is 0. The van der Waals surface area contributed by atoms with Crippen LogP contribution in [-0.2, 0) is 4.79 Å². The van der Waals surface area contributed by atoms with Gasteiger partial charge in [0.25, 0.3) is 0 Å². The molecule has 0 saturated heterocycles. The van der Waals surface area contributed by atoms with Crippen LogP contribution >= 0.6 is 0 Å². The van der Waals surface area contributed by atoms with Gasteiger partial charge in [0.05, 0.1) is 0 Å². The summed E-state index contributed by atoms with van der Waals surface area (Å²) in [6.45, 7) is 7.55. The van der Waals surface area contributed by atoms with Crippen LogP contribution in [0.25, 0.3) is 0 Å². The minimum atomic E-state index is 0.180. The second-order valence-electron chi connectivity index (χ2n) is 5.78. The minimum Gasteiger partial charge on any atom is -0.309 e. The molecule has 0 N–H and O–H groups in total. The van der Waals surface area contributed by atoms with Crippen LogP contribution in [0.3, 0.4) is 0 Å². The Hall–Kier alpha value is -0.370. The van der Waals surface area contributed by atoms with Crippen molar-refractivity contribution in [2.24, 2.45) is 17.3 Å². The van der Waals surface area contributed by atoms with Crippen LogP contribution in [0.2, 0.25) is 0 Å². The molecule has 0 radical (unpaired) electrons. The van der Waals surface area contributed by atoms with Crippen LogP contribution in [0.4, 0.5) is 0 Å². The smallest absolute Gasteiger partial charge is 0.138 e. The van der Waals surface area contributed by atoms with Crippen molar-refractivity contribution in [3.05, 3.63) is 0 Å². The molecular weight excluding hydrogens is 174 g/mol. The van der Waals surface area contributed by atoms with E-state index in [1.165, 1.54) is 6.42 Å². The van der Waals surface area contributed by atoms with Crippen molar-refractivity contribution >= 4 is 5.78 Å². The number of carbonyl (C=O) groups is 1. The molecule has 0 heterocycles. The summed E-state index contributed by atoms with van der Waals surface area (Å²) in [5.41, 5.74) is 0.180. The fourth-order valence-electron chi connectivity index (χ4n) is 2.75. The molecule has 82 valence electrons. The molecule has 2 atom stereocenters. The van der Waals surface area contributed by atoms with Gasteiger partial charge >= 0.3 is 0 Å². The summed E-state index contributed by atoms with van der Waals surface area (Å²) >= 11 is 0. The highest BCUT2D eigenvalue weighted by Gasteiger charge is 2.40. The van der Waals surface area contributed by atoms with Crippen LogP contribution in [0, 0.1) is 17.3 Å². The van der Waals surface area contributed by atoms with Gasteiger partial charge < -0.3 is 4.90 Å². The summed E-state index contributed by atoms with van der Waals surface area (Å²) in [6.07, 6.45) is 1.96. The van der Waals surface area contributed by atoms with Crippen molar-refractivity contribution in [3.8, 4) is 0 Å². The van der Waals surface area contributed by atoms with E-state index in [-0.39, 0.29) is 11.3 Å². The molecule has 14 heavy (non-hydrogen) atoms. The molecule has 1 aliphatic rings. The quantitative estimate of drug-likeness (QED) is 0.676. The number of carbonyl (C=O) groups excluding carboxylic acids is 1. The van der Waals surface area contributed by atoms with Crippen LogP contribution in [0.1, 0.15) is 33.6 Å². The van der Waals surface area contributed by atoms with Crippen molar-refractivity contribution in [1.29, 1.82) is 0 Å². The first kappa shape index (κ1) is 11.7. The molecule has 0 aromatic rings. The molecular formula is C12H23NO. The maximum Gasteiger partial charge on any atom is 0.138 e. The van der Waals surface area contributed by atoms with Crippen LogP contribution in [0.15, 0.2) is 0 Å². The van der Waals surface area contributed by atoms with E-state index >= 15 is 0 Å². The predicted molar refractivity (Wildman–Crippen MR) is 59.2 cm³/mol. The van der Waals surface area contributed by atoms with E-state index in [4.69, 9.17) is 0 Å². The third-order valence-corrected chi connectivity index (χ3v) is 3.30. The van der Waals surface area contributed by atoms with Gasteiger partial charge in [-0.1, -0.05) is 20.8 Å². The first-order valence-corrected chi connectivity index (χ1v) is 5.50. The Kier molecular flexibility index (Phi) is 3.36. The SMILES string of the molecule is C[C@H]1CC(=O)[C@H](CN(C)C)C(C)(C)C1. The van der Waals surface area contributed by atoms with Gasteiger partial charge in [-0.25, -0.2) is 0 Å². The van der Waals surface area contributed by atoms with Crippen LogP contribution in [0.5, 0.6) is 0 Å². The van der Waals surface area contributed by atoms with Gasteiger partial charge in [-0.05, 0) is 31.8 Å². The molecule has 1 saturated carbocycles. The highest BCUT2D eigenvalue weighted by Crippen LogP contribution is 2.41. The van der Waals surface area contributed by atoms with Crippen LogP contribution < -0.4 is 0 Å². The summed E-state index contributed by atoms with van der Waals surface area (Å²) in [5.74, 6) is 1.26. The molecule has 1 fully saturated rings. The van der Waals surface area contributed by atoms with Crippen molar-refractivity contribution in [2.75, 3.05) is 20.6 Å². The Morgan fingerprint density at radius 1 is 1.43 bits per heavy atom. The molecule has 1 rings (SSSR count). The van der Waals surface area contributed by atoms with Crippen molar-refractivity contribution < 1.29 is 4.79 Å². The second kappa shape index (κ2) is 4.01. The molecule has 0 bridgehead atoms. The largest absolute Gasteiger partial charge is 0.309 e. The highest BCUT2D eigenvalue weighted by molar-refractivity contribution is 5.83. The van der Waals surface area contributed by atoms with E-state index in [2.05, 4.69) is 25.7 Å². The number of Topliss-reactive ketones (excluding diaryl/α,β-unsaturated/α-hetero) is 1. The first-order valence-electron chi connectivity index (χ1n) is 5.50. The van der Waals surface area contributed by atoms with Crippen molar-refractivity contribution in [3.63, 3.8) is 0 Å². The van der Waals surface area contributed by atoms with Gasteiger partial charge in [0, 0.05) is 18.9 Å². The number of rotatable bonds is 2. The Morgan fingerprint density at radius 2 is 2.00 bits per heavy atom. The van der Waals surface area contributed by atoms with E-state index in [1.807, 2.05) is 14.1 Å². The van der Waals surface area contributed by atoms with Gasteiger partial charge in [-0.3, -0.25) is 4.79 Å². The normalized spacial score (nSPS) is 32.3. The van der Waals surface area contributed by atoms with Gasteiger partial charge in [0.2, 0.25) is 0 Å². The lowest BCUT2D eigenvalue weighted by molar-refractivity contribution is -0.132. The monoisotopic (exact) mass is 197 g/mol. The average molecular weight is 197 g/mol. The van der Waals surface area contributed by atoms with E-state index in [0.717, 1.165) is 13.0 Å². The lowest BCUT2D eigenvalue weighted by Gasteiger charge is -2.41. The van der Waals surface area contributed by atoms with E-state index < -0.39 is 0 Å². The summed E-state index contributed by atoms with van der Waals surface area (Å²) in [5, 5.41) is 0. The third kappa shape index (κ3) is 2.57. The average Bonchev–Trinajstić information content (AvgIpc) is 1.95. The van der Waals surface area contributed by atoms with Crippen molar-refractivity contribution in [1.82, 2.24) is 4.90 Å². The maximum absolute atomic E-state index is 11.9. The zero-order valence-corrected chi connectivity index (χ0v) is 10.1. The molecule has 2 nitrogen and oxygen atoms in total. The van der Waals surface area contributed by atoms with Crippen molar-refractivity contribution in [2.45, 2.75) is 33.6 Å². The van der Waals surface area contributed by atoms with E-state index in [9.17, 15) is 4.79 Å². The fourth-order valence-corrected chi connectivity index (χ4v) is 2.75. The first-order chi connectivity index (χ1) is 6.33. The number of hydrogen-bond donors (Lipinski definition) is 0. The minimum absolute atomic E-state index is 0.180. The molecule has 0 aliphatic heterocycles. The molecule has 0 aromatic carbocycles. The second-order valence-corrected chi connectivity index (χ2v) is 5.78. The molecule has 0 aromatic heterocycles. The third-order valence-electron chi connectivity index (χ3n) is 3.30. The van der Waals surface area contributed by atoms with Gasteiger partial charge in [0.15, 0.2) is 0 Å². The summed E-state index contributed by atoms with van der Waals surface area (Å²) < 4.78 is 0. The predicted octanol–water partition coefficient (Wildman–Crippen LogP) is 2.19. The highest BCUT2D eigenvalue weighted by atomic mass is 16.1. The van der Waals surface area contributed by atoms with E-state index in [1.54, 1.807) is 0 Å². The molecule has 2 heteroatoms. The summed E-state index contributed by atoms with van der Waals surface area (Å²) in [7, 11) is 4.09. The standard InChI is InChI=1S/C12H23NO/c1-9-6-11(14)10(8-13(4)5)12(2,3)7-9/h9-10H,6-8H2,1-5H3/t9-,10-/m0/s1. The number of ketones is 1. The molecule has 1 aliphatic carbocycles. The Morgan fingerprint density at radius 3 is 2.43 bits per heavy atom. The molecule has 0 unspecified atom stereocenters. The number of hydrogen-bond acceptors (Lipinski definition) is 2. The zero-order valence-electron chi connectivity index (χ0n) is 10.1. The Balaban J connectivity index is 2.75. The Bertz CT molecular complexity index is 220. The van der Waals surface area contributed by atoms with E-state index in [0.29, 0.717) is 11.7 Å². The van der Waals surface area contributed by atoms with Gasteiger partial charge in [-0.15, -0.1) is 0 Å². The lowest BCUT2D eigenvalue weighted by atomic mass is 9.65. The van der Waals surface area contributed by atoms with Gasteiger partial charge in [0.1, 0.15) is 5.78 Å². The Labute approximate surface area is 87.7 Å². The summed E-state index contributed by atoms with van der Waals surface area (Å²) in [4.78, 5) is 14.1. The topological polar surface area (TPSA) is 20.3 Å².